The lowest BCUT2D eigenvalue weighted by molar-refractivity contribution is 0.0353. The summed E-state index contributed by atoms with van der Waals surface area (Å²) in [5, 5.41) is 3.77. The quantitative estimate of drug-likeness (QED) is 0.504. The smallest absolute Gasteiger partial charge is 0.256 e. The lowest BCUT2D eigenvalue weighted by Gasteiger charge is -2.34. The Morgan fingerprint density at radius 1 is 1.07 bits per heavy atom. The molecule has 0 atom stereocenters. The Bertz CT molecular complexity index is 911. The number of hydrogen-bond donors (Lipinski definition) is 0. The van der Waals surface area contributed by atoms with E-state index in [1.54, 1.807) is 30.6 Å². The molecule has 0 bridgehead atoms. The van der Waals surface area contributed by atoms with Gasteiger partial charge in [0.2, 0.25) is 5.88 Å². The van der Waals surface area contributed by atoms with Crippen LogP contribution in [0.5, 0.6) is 17.5 Å². The zero-order valence-electron chi connectivity index (χ0n) is 15.8. The van der Waals surface area contributed by atoms with Gasteiger partial charge in [-0.05, 0) is 48.2 Å². The molecule has 0 aliphatic heterocycles. The van der Waals surface area contributed by atoms with Crippen LogP contribution in [-0.4, -0.2) is 41.7 Å². The number of rotatable bonds is 9. The first-order valence-corrected chi connectivity index (χ1v) is 9.15. The average molecular weight is 401 g/mol. The molecule has 3 aromatic rings. The second-order valence-corrected chi connectivity index (χ2v) is 6.66. The van der Waals surface area contributed by atoms with Gasteiger partial charge in [0.1, 0.15) is 23.4 Å². The lowest BCUT2D eigenvalue weighted by atomic mass is 9.83. The predicted molar refractivity (Wildman–Crippen MR) is 99.1 cm³/mol. The van der Waals surface area contributed by atoms with Crippen molar-refractivity contribution in [2.75, 3.05) is 20.5 Å². The van der Waals surface area contributed by atoms with Crippen LogP contribution in [0.25, 0.3) is 11.5 Å². The van der Waals surface area contributed by atoms with Crippen molar-refractivity contribution in [1.29, 1.82) is 0 Å². The fourth-order valence-corrected chi connectivity index (χ4v) is 2.89. The van der Waals surface area contributed by atoms with E-state index in [2.05, 4.69) is 15.1 Å². The van der Waals surface area contributed by atoms with Crippen LogP contribution in [0, 0.1) is 11.7 Å². The molecule has 4 rings (SSSR count). The van der Waals surface area contributed by atoms with Crippen molar-refractivity contribution < 1.29 is 27.9 Å². The van der Waals surface area contributed by atoms with Crippen molar-refractivity contribution >= 4 is 0 Å². The van der Waals surface area contributed by atoms with E-state index in [9.17, 15) is 4.39 Å². The van der Waals surface area contributed by atoms with Gasteiger partial charge >= 0.3 is 0 Å². The Kier molecular flexibility index (Phi) is 5.85. The molecule has 2 heterocycles. The summed E-state index contributed by atoms with van der Waals surface area (Å²) in [6.07, 6.45) is 4.93. The van der Waals surface area contributed by atoms with Gasteiger partial charge in [0.15, 0.2) is 12.6 Å². The summed E-state index contributed by atoms with van der Waals surface area (Å²) in [6, 6.07) is 7.63. The van der Waals surface area contributed by atoms with Crippen LogP contribution in [0.3, 0.4) is 0 Å². The highest BCUT2D eigenvalue weighted by molar-refractivity contribution is 5.51. The molecule has 0 saturated heterocycles. The molecule has 0 radical (unpaired) electrons. The van der Waals surface area contributed by atoms with Crippen LogP contribution >= 0.6 is 0 Å². The lowest BCUT2D eigenvalue weighted by Crippen LogP contribution is -2.37. The van der Waals surface area contributed by atoms with Crippen molar-refractivity contribution in [1.82, 2.24) is 15.1 Å². The minimum absolute atomic E-state index is 0.0799. The van der Waals surface area contributed by atoms with Crippen LogP contribution in [0.4, 0.5) is 4.39 Å². The summed E-state index contributed by atoms with van der Waals surface area (Å²) in [5.41, 5.74) is 0.524. The molecule has 2 aromatic heterocycles. The first-order valence-electron chi connectivity index (χ1n) is 9.15. The van der Waals surface area contributed by atoms with Gasteiger partial charge in [-0.3, -0.25) is 0 Å². The third kappa shape index (κ3) is 5.00. The summed E-state index contributed by atoms with van der Waals surface area (Å²) >= 11 is 0. The van der Waals surface area contributed by atoms with E-state index < -0.39 is 0 Å². The van der Waals surface area contributed by atoms with E-state index in [4.69, 9.17) is 23.5 Å². The summed E-state index contributed by atoms with van der Waals surface area (Å²) in [4.78, 5) is 8.56. The number of methoxy groups -OCH3 is 1. The zero-order chi connectivity index (χ0) is 20.1. The van der Waals surface area contributed by atoms with Crippen LogP contribution in [0.15, 0.2) is 47.2 Å². The minimum Gasteiger partial charge on any atom is -0.493 e. The normalized spacial score (nSPS) is 18.1. The first-order chi connectivity index (χ1) is 14.2. The monoisotopic (exact) mass is 401 g/mol. The average Bonchev–Trinajstić information content (AvgIpc) is 3.19. The summed E-state index contributed by atoms with van der Waals surface area (Å²) in [5.74, 6) is 2.00. The summed E-state index contributed by atoms with van der Waals surface area (Å²) < 4.78 is 39.6. The Hall–Kier alpha value is -3.20. The van der Waals surface area contributed by atoms with E-state index in [1.807, 2.05) is 0 Å². The molecule has 8 nitrogen and oxygen atoms in total. The second kappa shape index (κ2) is 8.87. The fraction of sp³-hybridized carbons (Fsp3) is 0.350. The molecule has 1 aromatic carbocycles. The summed E-state index contributed by atoms with van der Waals surface area (Å²) in [7, 11) is 1.52. The van der Waals surface area contributed by atoms with Crippen molar-refractivity contribution in [3.05, 3.63) is 48.5 Å². The van der Waals surface area contributed by atoms with Crippen LogP contribution in [0.1, 0.15) is 12.8 Å². The van der Waals surface area contributed by atoms with E-state index in [0.29, 0.717) is 41.5 Å². The Morgan fingerprint density at radius 2 is 1.90 bits per heavy atom. The van der Waals surface area contributed by atoms with Gasteiger partial charge in [0.25, 0.3) is 5.88 Å². The molecule has 9 heteroatoms. The Morgan fingerprint density at radius 3 is 2.62 bits per heavy atom. The molecular formula is C20H20FN3O5. The Labute approximate surface area is 166 Å². The van der Waals surface area contributed by atoms with Crippen molar-refractivity contribution in [3.8, 4) is 29.0 Å². The molecule has 152 valence electrons. The Balaban J connectivity index is 1.22. The van der Waals surface area contributed by atoms with E-state index in [-0.39, 0.29) is 18.7 Å². The second-order valence-electron chi connectivity index (χ2n) is 6.66. The topological polar surface area (TPSA) is 88.7 Å². The minimum atomic E-state index is -0.273. The van der Waals surface area contributed by atoms with E-state index >= 15 is 0 Å². The third-order valence-corrected chi connectivity index (χ3v) is 4.47. The van der Waals surface area contributed by atoms with Crippen molar-refractivity contribution in [2.45, 2.75) is 18.9 Å². The highest BCUT2D eigenvalue weighted by Crippen LogP contribution is 2.31. The van der Waals surface area contributed by atoms with Crippen LogP contribution < -0.4 is 14.2 Å². The predicted octanol–water partition coefficient (Wildman–Crippen LogP) is 3.49. The zero-order valence-corrected chi connectivity index (χ0v) is 15.8. The third-order valence-electron chi connectivity index (χ3n) is 4.47. The highest BCUT2D eigenvalue weighted by Gasteiger charge is 2.31. The van der Waals surface area contributed by atoms with Gasteiger partial charge < -0.3 is 23.5 Å². The number of ether oxygens (including phenoxy) is 4. The van der Waals surface area contributed by atoms with E-state index in [1.165, 1.54) is 19.2 Å². The van der Waals surface area contributed by atoms with Crippen LogP contribution in [-0.2, 0) is 4.74 Å². The standard InChI is InChI=1S/C20H20FN3O5/c1-25-12-27-19-8-18(29-24-19)17-9-23-20(10-22-17)28-16-6-13(7-16)11-26-15-4-2-14(21)3-5-15/h2-5,8-10,13,16H,6-7,11-12H2,1H3. The maximum absolute atomic E-state index is 12.9. The first kappa shape index (κ1) is 19.1. The van der Waals surface area contributed by atoms with Crippen molar-refractivity contribution in [3.63, 3.8) is 0 Å². The molecule has 0 unspecified atom stereocenters. The van der Waals surface area contributed by atoms with Gasteiger partial charge in [0.05, 0.1) is 25.1 Å². The maximum Gasteiger partial charge on any atom is 0.256 e. The van der Waals surface area contributed by atoms with Gasteiger partial charge in [-0.25, -0.2) is 14.4 Å². The van der Waals surface area contributed by atoms with Gasteiger partial charge in [-0.1, -0.05) is 0 Å². The molecule has 29 heavy (non-hydrogen) atoms. The number of benzene rings is 1. The fourth-order valence-electron chi connectivity index (χ4n) is 2.89. The van der Waals surface area contributed by atoms with E-state index in [0.717, 1.165) is 12.8 Å². The molecule has 0 spiro atoms. The maximum atomic E-state index is 12.9. The number of aromatic nitrogens is 3. The number of halogens is 1. The molecule has 1 saturated carbocycles. The van der Waals surface area contributed by atoms with Crippen LogP contribution in [0.2, 0.25) is 0 Å². The molecule has 1 aliphatic rings. The van der Waals surface area contributed by atoms with Gasteiger partial charge in [-0.15, -0.1) is 0 Å². The molecule has 1 aliphatic carbocycles. The van der Waals surface area contributed by atoms with Gasteiger partial charge in [0, 0.05) is 7.11 Å². The number of nitrogens with zero attached hydrogens (tertiary/aromatic N) is 3. The molecule has 0 amide bonds. The van der Waals surface area contributed by atoms with Gasteiger partial charge in [-0.2, -0.15) is 0 Å². The molecular weight excluding hydrogens is 381 g/mol. The molecule has 1 fully saturated rings. The summed E-state index contributed by atoms with van der Waals surface area (Å²) in [6.45, 7) is 0.664. The molecule has 0 N–H and O–H groups in total. The SMILES string of the molecule is COCOc1cc(-c2cnc(OC3CC(COc4ccc(F)cc4)C3)cn2)on1. The highest BCUT2D eigenvalue weighted by atomic mass is 19.1. The van der Waals surface area contributed by atoms with Crippen molar-refractivity contribution in [2.24, 2.45) is 5.92 Å². The number of hydrogen-bond acceptors (Lipinski definition) is 8. The largest absolute Gasteiger partial charge is 0.493 e.